The molecule has 0 unspecified atom stereocenters. The van der Waals surface area contributed by atoms with Gasteiger partial charge >= 0.3 is 5.97 Å². The second-order valence-corrected chi connectivity index (χ2v) is 12.6. The van der Waals surface area contributed by atoms with E-state index < -0.39 is 73.0 Å². The van der Waals surface area contributed by atoms with Gasteiger partial charge in [0, 0.05) is 13.1 Å². The highest BCUT2D eigenvalue weighted by molar-refractivity contribution is 5.95. The quantitative estimate of drug-likeness (QED) is 0.127. The lowest BCUT2D eigenvalue weighted by Crippen LogP contribution is -2.57. The second-order valence-electron chi connectivity index (χ2n) is 12.6. The molecule has 0 bridgehead atoms. The highest BCUT2D eigenvalue weighted by Crippen LogP contribution is 2.25. The van der Waals surface area contributed by atoms with Crippen molar-refractivity contribution in [3.8, 4) is 0 Å². The average molecular weight is 625 g/mol. The number of carbonyl (C=O) groups is 5. The minimum absolute atomic E-state index is 0.297. The van der Waals surface area contributed by atoms with E-state index in [1.54, 1.807) is 6.92 Å². The molecule has 44 heavy (non-hydrogen) atoms. The number of carbonyl (C=O) groups excluding carboxylic acids is 5. The number of nitrogens with zero attached hydrogens (tertiary/aromatic N) is 1. The Hall–Kier alpha value is -2.99. The van der Waals surface area contributed by atoms with Gasteiger partial charge in [-0.2, -0.15) is 0 Å². The van der Waals surface area contributed by atoms with Crippen molar-refractivity contribution in [1.29, 1.82) is 0 Å². The maximum Gasteiger partial charge on any atom is 0.332 e. The maximum atomic E-state index is 13.3. The number of nitrogens with two attached hydrogens (primary N) is 1. The predicted octanol–water partition coefficient (Wildman–Crippen LogP) is 1.95. The molecular formula is C32H56N4O8. The van der Waals surface area contributed by atoms with Crippen molar-refractivity contribution in [2.45, 2.75) is 123 Å². The van der Waals surface area contributed by atoms with E-state index in [1.807, 2.05) is 6.92 Å². The molecule has 6 N–H and O–H groups in total. The third-order valence-electron chi connectivity index (χ3n) is 8.09. The number of cyclic esters (lactones) is 1. The Morgan fingerprint density at radius 2 is 1.52 bits per heavy atom. The molecule has 1 heterocycles. The van der Waals surface area contributed by atoms with Gasteiger partial charge in [-0.1, -0.05) is 98.0 Å². The highest BCUT2D eigenvalue weighted by Gasteiger charge is 2.39. The van der Waals surface area contributed by atoms with Crippen LogP contribution in [-0.2, 0) is 28.7 Å². The van der Waals surface area contributed by atoms with Crippen LogP contribution in [0.4, 0.5) is 0 Å². The molecule has 4 amide bonds. The molecule has 1 rings (SSSR count). The number of aliphatic hydroxyl groups excluding tert-OH is 2. The first-order chi connectivity index (χ1) is 20.8. The SMILES string of the molecule is CC(C)CCCCCCCCCCC[C@@H](C)[C@@H]1OC(=O)[C@H]([C@H](O)C(N)=O)NC(=O)CN(C)C(=O)/C=C/[C@H](CO)NC(=O)[C@H]1C. The Morgan fingerprint density at radius 3 is 2.05 bits per heavy atom. The summed E-state index contributed by atoms with van der Waals surface area (Å²) in [5.74, 6) is -4.81. The molecular weight excluding hydrogens is 568 g/mol. The maximum absolute atomic E-state index is 13.3. The Labute approximate surface area is 262 Å². The summed E-state index contributed by atoms with van der Waals surface area (Å²) < 4.78 is 5.73. The van der Waals surface area contributed by atoms with Crippen LogP contribution in [0.15, 0.2) is 12.2 Å². The van der Waals surface area contributed by atoms with Crippen LogP contribution in [0.1, 0.15) is 98.3 Å². The number of rotatable bonds is 16. The number of hydrogen-bond donors (Lipinski definition) is 5. The number of aliphatic hydroxyl groups is 2. The van der Waals surface area contributed by atoms with Gasteiger partial charge in [-0.3, -0.25) is 19.2 Å². The van der Waals surface area contributed by atoms with Crippen molar-refractivity contribution in [3.05, 3.63) is 12.2 Å². The lowest BCUT2D eigenvalue weighted by Gasteiger charge is -2.31. The number of nitrogens with one attached hydrogen (secondary N) is 2. The summed E-state index contributed by atoms with van der Waals surface area (Å²) in [6, 6.07) is -2.74. The van der Waals surface area contributed by atoms with E-state index in [9.17, 15) is 34.2 Å². The molecule has 252 valence electrons. The first-order valence-electron chi connectivity index (χ1n) is 16.1. The Balaban J connectivity index is 2.96. The zero-order chi connectivity index (χ0) is 33.2. The van der Waals surface area contributed by atoms with E-state index in [0.29, 0.717) is 6.42 Å². The van der Waals surface area contributed by atoms with Gasteiger partial charge in [-0.15, -0.1) is 0 Å². The van der Waals surface area contributed by atoms with E-state index in [2.05, 4.69) is 24.5 Å². The van der Waals surface area contributed by atoms with Gasteiger partial charge in [0.1, 0.15) is 6.10 Å². The Morgan fingerprint density at radius 1 is 0.977 bits per heavy atom. The van der Waals surface area contributed by atoms with Crippen LogP contribution in [0.25, 0.3) is 0 Å². The second kappa shape index (κ2) is 20.9. The fourth-order valence-corrected chi connectivity index (χ4v) is 5.23. The summed E-state index contributed by atoms with van der Waals surface area (Å²) >= 11 is 0. The number of unbranched alkanes of at least 4 members (excludes halogenated alkanes) is 8. The van der Waals surface area contributed by atoms with E-state index in [4.69, 9.17) is 10.5 Å². The third-order valence-corrected chi connectivity index (χ3v) is 8.09. The number of amides is 4. The largest absolute Gasteiger partial charge is 0.460 e. The predicted molar refractivity (Wildman–Crippen MR) is 167 cm³/mol. The fourth-order valence-electron chi connectivity index (χ4n) is 5.23. The standard InChI is InChI=1S/C32H56N4O8/c1-21(2)15-13-11-9-7-6-8-10-12-14-16-22(3)29-23(4)31(42)34-24(20-37)17-18-26(39)36(5)19-25(38)35-27(32(43)44-29)28(40)30(33)41/h17-18,21-24,27-29,37,40H,6-16,19-20H2,1-5H3,(H2,33,41)(H,34,42)(H,35,38)/b18-17+/t22-,23+,24-,27+,28+,29+/m1/s1. The molecule has 0 aliphatic carbocycles. The zero-order valence-corrected chi connectivity index (χ0v) is 27.3. The molecule has 1 aliphatic heterocycles. The van der Waals surface area contributed by atoms with Crippen LogP contribution >= 0.6 is 0 Å². The van der Waals surface area contributed by atoms with Gasteiger partial charge in [0.2, 0.25) is 23.6 Å². The summed E-state index contributed by atoms with van der Waals surface area (Å²) in [7, 11) is 1.32. The molecule has 0 aromatic carbocycles. The molecule has 0 saturated heterocycles. The minimum atomic E-state index is -2.10. The van der Waals surface area contributed by atoms with Gasteiger partial charge in [-0.05, 0) is 18.3 Å². The van der Waals surface area contributed by atoms with E-state index >= 15 is 0 Å². The van der Waals surface area contributed by atoms with Crippen molar-refractivity contribution >= 4 is 29.6 Å². The Bertz CT molecular complexity index is 957. The molecule has 1 aliphatic rings. The Kier molecular flexibility index (Phi) is 18.5. The molecule has 6 atom stereocenters. The van der Waals surface area contributed by atoms with Crippen LogP contribution in [0.5, 0.6) is 0 Å². The smallest absolute Gasteiger partial charge is 0.332 e. The van der Waals surface area contributed by atoms with Gasteiger partial charge in [-0.25, -0.2) is 4.79 Å². The monoisotopic (exact) mass is 624 g/mol. The lowest BCUT2D eigenvalue weighted by atomic mass is 9.88. The van der Waals surface area contributed by atoms with Crippen molar-refractivity contribution < 1.29 is 38.9 Å². The minimum Gasteiger partial charge on any atom is -0.460 e. The van der Waals surface area contributed by atoms with Gasteiger partial charge < -0.3 is 36.2 Å². The van der Waals surface area contributed by atoms with Crippen LogP contribution < -0.4 is 16.4 Å². The molecule has 0 spiro atoms. The van der Waals surface area contributed by atoms with Crippen LogP contribution in [0.2, 0.25) is 0 Å². The van der Waals surface area contributed by atoms with Crippen molar-refractivity contribution in [2.75, 3.05) is 20.2 Å². The van der Waals surface area contributed by atoms with E-state index in [1.165, 1.54) is 51.6 Å². The van der Waals surface area contributed by atoms with Crippen molar-refractivity contribution in [3.63, 3.8) is 0 Å². The highest BCUT2D eigenvalue weighted by atomic mass is 16.5. The normalized spacial score (nSPS) is 24.5. The average Bonchev–Trinajstić information content (AvgIpc) is 2.97. The lowest BCUT2D eigenvalue weighted by molar-refractivity contribution is -0.165. The summed E-state index contributed by atoms with van der Waals surface area (Å²) in [5.41, 5.74) is 5.23. The number of primary amides is 1. The molecule has 0 saturated carbocycles. The number of esters is 1. The van der Waals surface area contributed by atoms with Crippen LogP contribution in [0.3, 0.4) is 0 Å². The first kappa shape index (κ1) is 39.0. The zero-order valence-electron chi connectivity index (χ0n) is 27.3. The molecule has 0 aromatic heterocycles. The fraction of sp³-hybridized carbons (Fsp3) is 0.781. The first-order valence-corrected chi connectivity index (χ1v) is 16.1. The van der Waals surface area contributed by atoms with E-state index in [0.717, 1.165) is 42.6 Å². The third kappa shape index (κ3) is 14.7. The molecule has 0 aromatic rings. The number of likely N-dealkylation sites (N-methyl/N-ethyl adjacent to an activating group) is 1. The number of ether oxygens (including phenoxy) is 1. The van der Waals surface area contributed by atoms with E-state index in [-0.39, 0.29) is 5.92 Å². The summed E-state index contributed by atoms with van der Waals surface area (Å²) in [6.07, 6.45) is 11.6. The van der Waals surface area contributed by atoms with Gasteiger partial charge in [0.05, 0.1) is 25.1 Å². The molecule has 0 fully saturated rings. The van der Waals surface area contributed by atoms with Crippen LogP contribution in [0, 0.1) is 17.8 Å². The van der Waals surface area contributed by atoms with Crippen molar-refractivity contribution in [1.82, 2.24) is 15.5 Å². The number of hydrogen-bond acceptors (Lipinski definition) is 8. The molecule has 12 nitrogen and oxygen atoms in total. The summed E-state index contributed by atoms with van der Waals surface area (Å²) in [5, 5.41) is 25.0. The molecule has 12 heteroatoms. The van der Waals surface area contributed by atoms with Crippen LogP contribution in [-0.4, -0.2) is 89.2 Å². The van der Waals surface area contributed by atoms with Gasteiger partial charge in [0.25, 0.3) is 0 Å². The topological polar surface area (TPSA) is 188 Å². The van der Waals surface area contributed by atoms with Crippen molar-refractivity contribution in [2.24, 2.45) is 23.5 Å². The summed E-state index contributed by atoms with van der Waals surface area (Å²) in [4.78, 5) is 64.4. The van der Waals surface area contributed by atoms with Gasteiger partial charge in [0.15, 0.2) is 12.1 Å². The summed E-state index contributed by atoms with van der Waals surface area (Å²) in [6.45, 7) is 6.92. The molecule has 0 radical (unpaired) electrons.